The van der Waals surface area contributed by atoms with Crippen molar-refractivity contribution in [2.24, 2.45) is 0 Å². The van der Waals surface area contributed by atoms with E-state index in [2.05, 4.69) is 15.6 Å². The minimum absolute atomic E-state index is 0.0198. The van der Waals surface area contributed by atoms with E-state index >= 15 is 0 Å². The first-order chi connectivity index (χ1) is 14.9. The van der Waals surface area contributed by atoms with Gasteiger partial charge in [-0.3, -0.25) is 4.79 Å². The van der Waals surface area contributed by atoms with Crippen LogP contribution in [0.5, 0.6) is 5.75 Å². The molecular weight excluding hydrogens is 394 g/mol. The number of benzene rings is 2. The highest BCUT2D eigenvalue weighted by Gasteiger charge is 2.18. The van der Waals surface area contributed by atoms with E-state index in [1.54, 1.807) is 20.0 Å². The Morgan fingerprint density at radius 3 is 2.77 bits per heavy atom. The number of imidazole rings is 1. The van der Waals surface area contributed by atoms with Crippen LogP contribution in [0.4, 0.5) is 17.2 Å². The van der Waals surface area contributed by atoms with Crippen molar-refractivity contribution in [3.05, 3.63) is 66.6 Å². The Morgan fingerprint density at radius 2 is 2.00 bits per heavy atom. The molecule has 156 valence electrons. The second-order valence-corrected chi connectivity index (χ2v) is 7.94. The summed E-state index contributed by atoms with van der Waals surface area (Å²) in [4.78, 5) is 20.9. The van der Waals surface area contributed by atoms with Gasteiger partial charge in [0.1, 0.15) is 5.75 Å². The largest absolute Gasteiger partial charge is 0.482 e. The third-order valence-electron chi connectivity index (χ3n) is 5.14. The van der Waals surface area contributed by atoms with Gasteiger partial charge in [-0.25, -0.2) is 9.97 Å². The fraction of sp³-hybridized carbons (Fsp3) is 0.174. The molecule has 0 bridgehead atoms. The molecule has 1 aliphatic heterocycles. The Labute approximate surface area is 178 Å². The minimum atomic E-state index is -0.904. The summed E-state index contributed by atoms with van der Waals surface area (Å²) >= 11 is 0. The molecule has 0 radical (unpaired) electrons. The smallest absolute Gasteiger partial charge is 0.262 e. The number of hydrogen-bond acceptors (Lipinski definition) is 6. The number of hydrogen-bond donors (Lipinski definition) is 3. The average molecular weight is 415 g/mol. The van der Waals surface area contributed by atoms with E-state index in [1.807, 2.05) is 59.3 Å². The lowest BCUT2D eigenvalue weighted by atomic mass is 9.98. The monoisotopic (exact) mass is 415 g/mol. The maximum Gasteiger partial charge on any atom is 0.262 e. The summed E-state index contributed by atoms with van der Waals surface area (Å²) in [5.74, 6) is 1.05. The van der Waals surface area contributed by atoms with Crippen molar-refractivity contribution in [1.29, 1.82) is 0 Å². The topological polar surface area (TPSA) is 101 Å². The third kappa shape index (κ3) is 3.69. The highest BCUT2D eigenvalue weighted by atomic mass is 16.5. The average Bonchev–Trinajstić information content (AvgIpc) is 3.22. The molecule has 0 aliphatic carbocycles. The number of anilines is 3. The molecule has 3 N–H and O–H groups in total. The van der Waals surface area contributed by atoms with Crippen molar-refractivity contribution in [1.82, 2.24) is 14.4 Å². The molecule has 0 fully saturated rings. The number of carbonyl (C=O) groups excluding carboxylic acids is 1. The van der Waals surface area contributed by atoms with E-state index in [4.69, 9.17) is 9.72 Å². The number of carbonyl (C=O) groups is 1. The predicted molar refractivity (Wildman–Crippen MR) is 118 cm³/mol. The highest BCUT2D eigenvalue weighted by molar-refractivity contribution is 5.96. The number of aliphatic hydroxyl groups is 1. The van der Waals surface area contributed by atoms with E-state index in [-0.39, 0.29) is 12.5 Å². The number of rotatable bonds is 4. The Morgan fingerprint density at radius 1 is 1.19 bits per heavy atom. The maximum absolute atomic E-state index is 11.7. The van der Waals surface area contributed by atoms with Crippen LogP contribution in [0, 0.1) is 0 Å². The van der Waals surface area contributed by atoms with E-state index in [9.17, 15) is 9.90 Å². The molecule has 2 aromatic heterocycles. The van der Waals surface area contributed by atoms with Gasteiger partial charge in [0.2, 0.25) is 0 Å². The Kier molecular flexibility index (Phi) is 4.37. The van der Waals surface area contributed by atoms with E-state index in [0.29, 0.717) is 28.6 Å². The summed E-state index contributed by atoms with van der Waals surface area (Å²) in [5.41, 5.74) is 3.60. The third-order valence-corrected chi connectivity index (χ3v) is 5.14. The molecule has 5 rings (SSSR count). The zero-order chi connectivity index (χ0) is 21.6. The molecule has 8 nitrogen and oxygen atoms in total. The molecule has 0 unspecified atom stereocenters. The van der Waals surface area contributed by atoms with Crippen LogP contribution >= 0.6 is 0 Å². The van der Waals surface area contributed by atoms with Crippen LogP contribution in [0.3, 0.4) is 0 Å². The molecule has 0 spiro atoms. The maximum atomic E-state index is 11.7. The van der Waals surface area contributed by atoms with Crippen molar-refractivity contribution in [2.45, 2.75) is 19.4 Å². The zero-order valence-electron chi connectivity index (χ0n) is 17.1. The van der Waals surface area contributed by atoms with Gasteiger partial charge in [0, 0.05) is 29.8 Å². The normalized spacial score (nSPS) is 13.5. The molecular formula is C23H21N5O3. The summed E-state index contributed by atoms with van der Waals surface area (Å²) < 4.78 is 7.34. The van der Waals surface area contributed by atoms with E-state index < -0.39 is 5.60 Å². The fourth-order valence-electron chi connectivity index (χ4n) is 3.50. The van der Waals surface area contributed by atoms with Gasteiger partial charge in [0.15, 0.2) is 18.1 Å². The number of ether oxygens (including phenoxy) is 1. The second kappa shape index (κ2) is 7.10. The summed E-state index contributed by atoms with van der Waals surface area (Å²) in [7, 11) is 0. The lowest BCUT2D eigenvalue weighted by Crippen LogP contribution is -2.25. The summed E-state index contributed by atoms with van der Waals surface area (Å²) in [5, 5.41) is 16.3. The first-order valence-electron chi connectivity index (χ1n) is 9.87. The zero-order valence-corrected chi connectivity index (χ0v) is 17.1. The van der Waals surface area contributed by atoms with Crippen LogP contribution in [0.25, 0.3) is 16.9 Å². The van der Waals surface area contributed by atoms with E-state index in [1.165, 1.54) is 0 Å². The van der Waals surface area contributed by atoms with E-state index in [0.717, 1.165) is 16.8 Å². The summed E-state index contributed by atoms with van der Waals surface area (Å²) in [6, 6.07) is 13.1. The highest BCUT2D eigenvalue weighted by Crippen LogP contribution is 2.33. The van der Waals surface area contributed by atoms with Crippen molar-refractivity contribution in [3.8, 4) is 17.0 Å². The second-order valence-electron chi connectivity index (χ2n) is 7.94. The van der Waals surface area contributed by atoms with Crippen molar-refractivity contribution in [3.63, 3.8) is 0 Å². The molecule has 1 aliphatic rings. The van der Waals surface area contributed by atoms with Crippen LogP contribution in [0.2, 0.25) is 0 Å². The molecule has 2 aromatic carbocycles. The van der Waals surface area contributed by atoms with Crippen molar-refractivity contribution in [2.75, 3.05) is 17.2 Å². The molecule has 3 heterocycles. The van der Waals surface area contributed by atoms with Gasteiger partial charge in [0.25, 0.3) is 5.91 Å². The first-order valence-corrected chi connectivity index (χ1v) is 9.87. The molecule has 0 saturated carbocycles. The first kappa shape index (κ1) is 19.1. The fourth-order valence-corrected chi connectivity index (χ4v) is 3.50. The van der Waals surface area contributed by atoms with Crippen LogP contribution in [0.15, 0.2) is 61.1 Å². The molecule has 8 heteroatoms. The predicted octanol–water partition coefficient (Wildman–Crippen LogP) is 3.70. The molecule has 31 heavy (non-hydrogen) atoms. The molecule has 1 amide bonds. The number of nitrogens with zero attached hydrogens (tertiary/aromatic N) is 3. The van der Waals surface area contributed by atoms with Crippen molar-refractivity contribution >= 4 is 28.7 Å². The van der Waals surface area contributed by atoms with Gasteiger partial charge < -0.3 is 24.9 Å². The molecule has 0 atom stereocenters. The quantitative estimate of drug-likeness (QED) is 0.470. The lowest BCUT2D eigenvalue weighted by molar-refractivity contribution is -0.118. The standard InChI is InChI=1S/C23H21N5O3/c1-23(2,30)15-4-6-16(7-5-15)25-21-22-24-9-10-28(22)12-18(27-21)14-3-8-19-17(11-14)26-20(29)13-31-19/h3-12,30H,13H2,1-2H3,(H,25,27)(H,26,29). The van der Waals surface area contributed by atoms with Crippen LogP contribution in [0.1, 0.15) is 19.4 Å². The van der Waals surface area contributed by atoms with Gasteiger partial charge in [-0.05, 0) is 49.7 Å². The van der Waals surface area contributed by atoms with Crippen LogP contribution in [-0.2, 0) is 10.4 Å². The number of amides is 1. The van der Waals surface area contributed by atoms with Gasteiger partial charge in [-0.1, -0.05) is 12.1 Å². The van der Waals surface area contributed by atoms with Gasteiger partial charge >= 0.3 is 0 Å². The summed E-state index contributed by atoms with van der Waals surface area (Å²) in [6.45, 7) is 3.52. The Balaban J connectivity index is 1.52. The van der Waals surface area contributed by atoms with Crippen LogP contribution in [-0.4, -0.2) is 32.0 Å². The van der Waals surface area contributed by atoms with Crippen LogP contribution < -0.4 is 15.4 Å². The number of nitrogens with one attached hydrogen (secondary N) is 2. The minimum Gasteiger partial charge on any atom is -0.482 e. The number of fused-ring (bicyclic) bond motifs is 2. The number of aromatic nitrogens is 3. The molecule has 4 aromatic rings. The van der Waals surface area contributed by atoms with Gasteiger partial charge in [0.05, 0.1) is 17.0 Å². The van der Waals surface area contributed by atoms with Crippen molar-refractivity contribution < 1.29 is 14.6 Å². The Hall–Kier alpha value is -3.91. The summed E-state index contributed by atoms with van der Waals surface area (Å²) in [6.07, 6.45) is 5.45. The SMILES string of the molecule is CC(C)(O)c1ccc(Nc2nc(-c3ccc4c(c3)NC(=O)CO4)cn3ccnc23)cc1. The molecule has 0 saturated heterocycles. The Bertz CT molecular complexity index is 1290. The van der Waals surface area contributed by atoms with Gasteiger partial charge in [-0.15, -0.1) is 0 Å². The lowest BCUT2D eigenvalue weighted by Gasteiger charge is -2.19. The van der Waals surface area contributed by atoms with Gasteiger partial charge in [-0.2, -0.15) is 0 Å².